The van der Waals surface area contributed by atoms with Gasteiger partial charge in [0.2, 0.25) is 11.8 Å². The van der Waals surface area contributed by atoms with E-state index in [1.54, 1.807) is 62.6 Å². The van der Waals surface area contributed by atoms with Crippen LogP contribution in [0.25, 0.3) is 0 Å². The number of aryl methyl sites for hydroxylation is 1. The quantitative estimate of drug-likeness (QED) is 0.315. The van der Waals surface area contributed by atoms with Gasteiger partial charge in [0.25, 0.3) is 10.0 Å². The summed E-state index contributed by atoms with van der Waals surface area (Å²) in [5, 5.41) is 2.89. The lowest BCUT2D eigenvalue weighted by atomic mass is 10.1. The fraction of sp³-hybridized carbons (Fsp3) is 0.333. The zero-order chi connectivity index (χ0) is 28.4. The predicted molar refractivity (Wildman–Crippen MR) is 153 cm³/mol. The van der Waals surface area contributed by atoms with Crippen molar-refractivity contribution in [1.82, 2.24) is 10.2 Å². The van der Waals surface area contributed by atoms with E-state index in [4.69, 9.17) is 4.74 Å². The lowest BCUT2D eigenvalue weighted by Gasteiger charge is -2.32. The van der Waals surface area contributed by atoms with Crippen molar-refractivity contribution in [2.24, 2.45) is 0 Å². The van der Waals surface area contributed by atoms with Crippen molar-refractivity contribution in [2.75, 3.05) is 24.5 Å². The molecule has 0 aromatic heterocycles. The summed E-state index contributed by atoms with van der Waals surface area (Å²) < 4.78 is 33.9. The highest BCUT2D eigenvalue weighted by molar-refractivity contribution is 7.92. The average molecular weight is 552 g/mol. The molecule has 0 aliphatic heterocycles. The van der Waals surface area contributed by atoms with E-state index < -0.39 is 28.5 Å². The van der Waals surface area contributed by atoms with Gasteiger partial charge < -0.3 is 15.0 Å². The van der Waals surface area contributed by atoms with E-state index in [0.717, 1.165) is 28.3 Å². The molecule has 0 unspecified atom stereocenters. The summed E-state index contributed by atoms with van der Waals surface area (Å²) in [6.07, 6.45) is 1.74. The standard InChI is InChI=1S/C30H37N3O5S/c1-5-6-19-31-30(35)24(3)32(21-25-15-17-27(38-4)18-16-25)29(34)22-33(26-12-10-11-23(2)20-26)39(36,37)28-13-8-7-9-14-28/h7-18,20,24H,5-6,19,21-22H2,1-4H3,(H,31,35)/t24-/m0/s1. The molecule has 0 bridgehead atoms. The van der Waals surface area contributed by atoms with Crippen LogP contribution in [-0.2, 0) is 26.2 Å². The Morgan fingerprint density at radius 1 is 0.974 bits per heavy atom. The number of hydrogen-bond acceptors (Lipinski definition) is 5. The average Bonchev–Trinajstić information content (AvgIpc) is 2.94. The van der Waals surface area contributed by atoms with E-state index in [-0.39, 0.29) is 17.3 Å². The van der Waals surface area contributed by atoms with Gasteiger partial charge in [-0.1, -0.05) is 55.8 Å². The van der Waals surface area contributed by atoms with Crippen LogP contribution in [0.4, 0.5) is 5.69 Å². The Kier molecular flexibility index (Phi) is 10.5. The number of methoxy groups -OCH3 is 1. The number of nitrogens with one attached hydrogen (secondary N) is 1. The Labute approximate surface area is 231 Å². The van der Waals surface area contributed by atoms with E-state index in [2.05, 4.69) is 5.32 Å². The van der Waals surface area contributed by atoms with Crippen molar-refractivity contribution in [3.8, 4) is 5.75 Å². The van der Waals surface area contributed by atoms with Gasteiger partial charge in [0.1, 0.15) is 18.3 Å². The summed E-state index contributed by atoms with van der Waals surface area (Å²) in [7, 11) is -2.51. The second kappa shape index (κ2) is 13.8. The first-order chi connectivity index (χ1) is 18.7. The topological polar surface area (TPSA) is 96.0 Å². The smallest absolute Gasteiger partial charge is 0.264 e. The molecule has 9 heteroatoms. The number of carbonyl (C=O) groups is 2. The highest BCUT2D eigenvalue weighted by atomic mass is 32.2. The van der Waals surface area contributed by atoms with Crippen molar-refractivity contribution < 1.29 is 22.7 Å². The van der Waals surface area contributed by atoms with Crippen molar-refractivity contribution in [1.29, 1.82) is 0 Å². The van der Waals surface area contributed by atoms with Gasteiger partial charge in [0.05, 0.1) is 17.7 Å². The molecule has 0 spiro atoms. The Bertz CT molecular complexity index is 1340. The first kappa shape index (κ1) is 29.7. The monoisotopic (exact) mass is 551 g/mol. The summed E-state index contributed by atoms with van der Waals surface area (Å²) in [5.41, 5.74) is 2.01. The van der Waals surface area contributed by atoms with E-state index >= 15 is 0 Å². The number of anilines is 1. The largest absolute Gasteiger partial charge is 0.497 e. The molecule has 3 rings (SSSR count). The van der Waals surface area contributed by atoms with Crippen LogP contribution >= 0.6 is 0 Å². The van der Waals surface area contributed by atoms with Crippen LogP contribution in [0.2, 0.25) is 0 Å². The molecular formula is C30H37N3O5S. The molecule has 3 aromatic rings. The fourth-order valence-electron chi connectivity index (χ4n) is 4.08. The number of nitrogens with zero attached hydrogens (tertiary/aromatic N) is 2. The van der Waals surface area contributed by atoms with Gasteiger partial charge in [-0.15, -0.1) is 0 Å². The molecule has 0 fully saturated rings. The van der Waals surface area contributed by atoms with Crippen LogP contribution in [0.5, 0.6) is 5.75 Å². The van der Waals surface area contributed by atoms with Gasteiger partial charge in [-0.2, -0.15) is 0 Å². The van der Waals surface area contributed by atoms with E-state index in [1.165, 1.54) is 17.0 Å². The number of rotatable bonds is 13. The van der Waals surface area contributed by atoms with Crippen LogP contribution in [0, 0.1) is 6.92 Å². The van der Waals surface area contributed by atoms with Crippen LogP contribution in [-0.4, -0.2) is 51.4 Å². The molecule has 0 saturated heterocycles. The molecule has 0 aliphatic carbocycles. The fourth-order valence-corrected chi connectivity index (χ4v) is 5.50. The van der Waals surface area contributed by atoms with Crippen molar-refractivity contribution in [2.45, 2.75) is 51.1 Å². The highest BCUT2D eigenvalue weighted by Gasteiger charge is 2.32. The molecule has 3 aromatic carbocycles. The van der Waals surface area contributed by atoms with E-state index in [0.29, 0.717) is 18.0 Å². The number of sulfonamides is 1. The minimum Gasteiger partial charge on any atom is -0.497 e. The first-order valence-electron chi connectivity index (χ1n) is 13.0. The zero-order valence-electron chi connectivity index (χ0n) is 23.0. The number of hydrogen-bond donors (Lipinski definition) is 1. The number of unbranched alkanes of at least 4 members (excludes halogenated alkanes) is 1. The molecule has 2 amide bonds. The molecule has 0 radical (unpaired) electrons. The third-order valence-corrected chi connectivity index (χ3v) is 8.20. The van der Waals surface area contributed by atoms with Gasteiger partial charge in [0.15, 0.2) is 0 Å². The maximum atomic E-state index is 13.9. The third kappa shape index (κ3) is 7.83. The molecule has 1 N–H and O–H groups in total. The molecule has 8 nitrogen and oxygen atoms in total. The lowest BCUT2D eigenvalue weighted by Crippen LogP contribution is -2.51. The van der Waals surface area contributed by atoms with Gasteiger partial charge in [0, 0.05) is 13.1 Å². The number of ether oxygens (including phenoxy) is 1. The van der Waals surface area contributed by atoms with E-state index in [1.807, 2.05) is 32.0 Å². The Morgan fingerprint density at radius 2 is 1.67 bits per heavy atom. The highest BCUT2D eigenvalue weighted by Crippen LogP contribution is 2.25. The minimum absolute atomic E-state index is 0.0753. The zero-order valence-corrected chi connectivity index (χ0v) is 23.8. The Morgan fingerprint density at radius 3 is 2.28 bits per heavy atom. The van der Waals surface area contributed by atoms with E-state index in [9.17, 15) is 18.0 Å². The van der Waals surface area contributed by atoms with Crippen molar-refractivity contribution in [3.05, 3.63) is 90.0 Å². The van der Waals surface area contributed by atoms with Crippen LogP contribution in [0.1, 0.15) is 37.8 Å². The maximum absolute atomic E-state index is 13.9. The molecule has 0 saturated carbocycles. The number of benzene rings is 3. The Hall–Kier alpha value is -3.85. The summed E-state index contributed by atoms with van der Waals surface area (Å²) >= 11 is 0. The van der Waals surface area contributed by atoms with Crippen molar-refractivity contribution in [3.63, 3.8) is 0 Å². The SMILES string of the molecule is CCCCNC(=O)[C@H](C)N(Cc1ccc(OC)cc1)C(=O)CN(c1cccc(C)c1)S(=O)(=O)c1ccccc1. The molecular weight excluding hydrogens is 514 g/mol. The van der Waals surface area contributed by atoms with Gasteiger partial charge in [-0.3, -0.25) is 13.9 Å². The summed E-state index contributed by atoms with van der Waals surface area (Å²) in [6.45, 7) is 5.70. The third-order valence-electron chi connectivity index (χ3n) is 6.41. The van der Waals surface area contributed by atoms with Crippen LogP contribution < -0.4 is 14.4 Å². The summed E-state index contributed by atoms with van der Waals surface area (Å²) in [6, 6.07) is 21.4. The maximum Gasteiger partial charge on any atom is 0.264 e. The van der Waals surface area contributed by atoms with Crippen LogP contribution in [0.3, 0.4) is 0 Å². The second-order valence-electron chi connectivity index (χ2n) is 9.35. The molecule has 208 valence electrons. The molecule has 0 aliphatic rings. The molecule has 1 atom stereocenters. The number of carbonyl (C=O) groups excluding carboxylic acids is 2. The predicted octanol–water partition coefficient (Wildman–Crippen LogP) is 4.53. The molecule has 39 heavy (non-hydrogen) atoms. The van der Waals surface area contributed by atoms with Gasteiger partial charge in [-0.05, 0) is 67.8 Å². The minimum atomic E-state index is -4.08. The van der Waals surface area contributed by atoms with Crippen LogP contribution in [0.15, 0.2) is 83.8 Å². The van der Waals surface area contributed by atoms with Gasteiger partial charge in [-0.25, -0.2) is 8.42 Å². The van der Waals surface area contributed by atoms with Crippen molar-refractivity contribution >= 4 is 27.5 Å². The summed E-state index contributed by atoms with van der Waals surface area (Å²) in [5.74, 6) is -0.120. The number of amides is 2. The Balaban J connectivity index is 1.98. The second-order valence-corrected chi connectivity index (χ2v) is 11.2. The molecule has 0 heterocycles. The summed E-state index contributed by atoms with van der Waals surface area (Å²) in [4.78, 5) is 28.4. The van der Waals surface area contributed by atoms with Gasteiger partial charge >= 0.3 is 0 Å². The first-order valence-corrected chi connectivity index (χ1v) is 14.5. The normalized spacial score (nSPS) is 11.9. The lowest BCUT2D eigenvalue weighted by molar-refractivity contribution is -0.139.